The molecular weight excluding hydrogens is 220 g/mol. The highest BCUT2D eigenvalue weighted by Crippen LogP contribution is 2.25. The zero-order chi connectivity index (χ0) is 11.0. The van der Waals surface area contributed by atoms with Gasteiger partial charge in [0.2, 0.25) is 0 Å². The van der Waals surface area contributed by atoms with Crippen molar-refractivity contribution in [2.24, 2.45) is 0 Å². The molecule has 0 aliphatic heterocycles. The van der Waals surface area contributed by atoms with Gasteiger partial charge in [0.15, 0.2) is 0 Å². The molecular formula is C13H8O2S. The second-order valence-corrected chi connectivity index (χ2v) is 4.41. The van der Waals surface area contributed by atoms with E-state index in [-0.39, 0.29) is 5.63 Å². The lowest BCUT2D eigenvalue weighted by atomic mass is 10.1. The Labute approximate surface area is 95.8 Å². The Hall–Kier alpha value is -1.87. The zero-order valence-electron chi connectivity index (χ0n) is 8.34. The first-order valence-corrected chi connectivity index (χ1v) is 5.79. The summed E-state index contributed by atoms with van der Waals surface area (Å²) in [6, 6.07) is 13.2. The van der Waals surface area contributed by atoms with E-state index in [1.54, 1.807) is 17.4 Å². The second-order valence-electron chi connectivity index (χ2n) is 3.46. The summed E-state index contributed by atoms with van der Waals surface area (Å²) < 4.78 is 5.29. The zero-order valence-corrected chi connectivity index (χ0v) is 9.16. The molecule has 0 radical (unpaired) electrons. The molecule has 78 valence electrons. The van der Waals surface area contributed by atoms with E-state index in [2.05, 4.69) is 0 Å². The molecule has 2 heterocycles. The highest BCUT2D eigenvalue weighted by atomic mass is 32.1. The van der Waals surface area contributed by atoms with Gasteiger partial charge in [0.05, 0.1) is 10.3 Å². The van der Waals surface area contributed by atoms with Crippen LogP contribution in [0.3, 0.4) is 0 Å². The first-order valence-electron chi connectivity index (χ1n) is 4.91. The van der Waals surface area contributed by atoms with Crippen molar-refractivity contribution >= 4 is 22.1 Å². The Morgan fingerprint density at radius 1 is 1.06 bits per heavy atom. The van der Waals surface area contributed by atoms with Crippen LogP contribution >= 0.6 is 11.3 Å². The number of hydrogen-bond donors (Lipinski definition) is 0. The molecule has 0 bridgehead atoms. The van der Waals surface area contributed by atoms with Gasteiger partial charge >= 0.3 is 5.63 Å². The summed E-state index contributed by atoms with van der Waals surface area (Å²) in [6.45, 7) is 0. The minimum absolute atomic E-state index is 0.276. The van der Waals surface area contributed by atoms with E-state index in [0.717, 1.165) is 10.3 Å². The van der Waals surface area contributed by atoms with Crippen LogP contribution in [0, 0.1) is 0 Å². The molecule has 3 aromatic rings. The summed E-state index contributed by atoms with van der Waals surface area (Å²) in [7, 11) is 0. The Morgan fingerprint density at radius 3 is 2.75 bits per heavy atom. The molecule has 3 rings (SSSR count). The van der Waals surface area contributed by atoms with Crippen LogP contribution in [-0.4, -0.2) is 0 Å². The lowest BCUT2D eigenvalue weighted by Gasteiger charge is -1.99. The molecule has 0 atom stereocenters. The fraction of sp³-hybridized carbons (Fsp3) is 0. The first kappa shape index (κ1) is 9.36. The maximum atomic E-state index is 11.7. The van der Waals surface area contributed by atoms with Crippen molar-refractivity contribution in [2.45, 2.75) is 0 Å². The lowest BCUT2D eigenvalue weighted by Crippen LogP contribution is -1.99. The van der Waals surface area contributed by atoms with Gasteiger partial charge in [-0.05, 0) is 29.0 Å². The number of hydrogen-bond acceptors (Lipinski definition) is 3. The average molecular weight is 228 g/mol. The molecule has 0 aliphatic carbocycles. The molecule has 2 nitrogen and oxygen atoms in total. The van der Waals surface area contributed by atoms with Gasteiger partial charge in [0, 0.05) is 0 Å². The maximum absolute atomic E-state index is 11.7. The number of benzene rings is 1. The molecule has 3 heteroatoms. The van der Waals surface area contributed by atoms with E-state index in [4.69, 9.17) is 4.42 Å². The third-order valence-corrected chi connectivity index (χ3v) is 3.32. The summed E-state index contributed by atoms with van der Waals surface area (Å²) in [5.74, 6) is 0.638. The van der Waals surface area contributed by atoms with Crippen molar-refractivity contribution in [3.8, 4) is 10.6 Å². The summed E-state index contributed by atoms with van der Waals surface area (Å²) in [5.41, 5.74) is -0.276. The van der Waals surface area contributed by atoms with Crippen molar-refractivity contribution in [2.75, 3.05) is 0 Å². The molecule has 0 saturated heterocycles. The normalized spacial score (nSPS) is 10.8. The molecule has 0 spiro atoms. The van der Waals surface area contributed by atoms with Crippen molar-refractivity contribution in [3.05, 3.63) is 58.3 Å². The fourth-order valence-corrected chi connectivity index (χ4v) is 2.35. The van der Waals surface area contributed by atoms with Crippen LogP contribution in [0.5, 0.6) is 0 Å². The van der Waals surface area contributed by atoms with E-state index in [1.165, 1.54) is 0 Å². The van der Waals surface area contributed by atoms with Crippen molar-refractivity contribution in [3.63, 3.8) is 0 Å². The minimum Gasteiger partial charge on any atom is -0.421 e. The number of thiophene rings is 1. The van der Waals surface area contributed by atoms with Gasteiger partial charge in [0.25, 0.3) is 0 Å². The standard InChI is InChI=1S/C13H8O2S/c14-13-10-5-2-1-4-9(10)8-11(15-13)12-6-3-7-16-12/h1-8H. The van der Waals surface area contributed by atoms with E-state index in [0.29, 0.717) is 11.1 Å². The molecule has 0 saturated carbocycles. The van der Waals surface area contributed by atoms with E-state index < -0.39 is 0 Å². The molecule has 0 N–H and O–H groups in total. The SMILES string of the molecule is O=c1oc(-c2cccs2)cc2ccccc12. The third-order valence-electron chi connectivity index (χ3n) is 2.43. The Kier molecular flexibility index (Phi) is 2.11. The van der Waals surface area contributed by atoms with Gasteiger partial charge < -0.3 is 4.42 Å². The van der Waals surface area contributed by atoms with E-state index >= 15 is 0 Å². The molecule has 0 unspecified atom stereocenters. The largest absolute Gasteiger partial charge is 0.421 e. The van der Waals surface area contributed by atoms with Crippen molar-refractivity contribution in [1.29, 1.82) is 0 Å². The highest BCUT2D eigenvalue weighted by molar-refractivity contribution is 7.13. The van der Waals surface area contributed by atoms with Crippen molar-refractivity contribution < 1.29 is 4.42 Å². The quantitative estimate of drug-likeness (QED) is 0.638. The molecule has 0 amide bonds. The van der Waals surface area contributed by atoms with Gasteiger partial charge in [-0.2, -0.15) is 0 Å². The molecule has 1 aromatic carbocycles. The third kappa shape index (κ3) is 1.46. The van der Waals surface area contributed by atoms with Crippen molar-refractivity contribution in [1.82, 2.24) is 0 Å². The Bertz CT molecular complexity index is 680. The maximum Gasteiger partial charge on any atom is 0.344 e. The highest BCUT2D eigenvalue weighted by Gasteiger charge is 2.06. The number of fused-ring (bicyclic) bond motifs is 1. The van der Waals surface area contributed by atoms with Crippen LogP contribution in [-0.2, 0) is 0 Å². The van der Waals surface area contributed by atoms with Crippen LogP contribution < -0.4 is 5.63 Å². The molecule has 0 aliphatic rings. The van der Waals surface area contributed by atoms with Gasteiger partial charge in [0.1, 0.15) is 5.76 Å². The summed E-state index contributed by atoms with van der Waals surface area (Å²) in [5, 5.41) is 3.51. The van der Waals surface area contributed by atoms with Gasteiger partial charge in [-0.1, -0.05) is 24.3 Å². The van der Waals surface area contributed by atoms with Gasteiger partial charge in [-0.25, -0.2) is 4.79 Å². The smallest absolute Gasteiger partial charge is 0.344 e. The van der Waals surface area contributed by atoms with Crippen LogP contribution in [0.1, 0.15) is 0 Å². The van der Waals surface area contributed by atoms with Crippen LogP contribution in [0.2, 0.25) is 0 Å². The van der Waals surface area contributed by atoms with E-state index in [9.17, 15) is 4.79 Å². The van der Waals surface area contributed by atoms with Crippen LogP contribution in [0.4, 0.5) is 0 Å². The predicted molar refractivity (Wildman–Crippen MR) is 65.8 cm³/mol. The molecule has 16 heavy (non-hydrogen) atoms. The summed E-state index contributed by atoms with van der Waals surface area (Å²) in [4.78, 5) is 12.7. The lowest BCUT2D eigenvalue weighted by molar-refractivity contribution is 0.536. The average Bonchev–Trinajstić information content (AvgIpc) is 2.82. The second kappa shape index (κ2) is 3.61. The van der Waals surface area contributed by atoms with Gasteiger partial charge in [-0.15, -0.1) is 11.3 Å². The summed E-state index contributed by atoms with van der Waals surface area (Å²) >= 11 is 1.56. The summed E-state index contributed by atoms with van der Waals surface area (Å²) in [6.07, 6.45) is 0. The fourth-order valence-electron chi connectivity index (χ4n) is 1.67. The van der Waals surface area contributed by atoms with E-state index in [1.807, 2.05) is 41.8 Å². The topological polar surface area (TPSA) is 30.2 Å². The Morgan fingerprint density at radius 2 is 1.94 bits per heavy atom. The minimum atomic E-state index is -0.276. The first-order chi connectivity index (χ1) is 7.84. The monoisotopic (exact) mass is 228 g/mol. The van der Waals surface area contributed by atoms with Crippen LogP contribution in [0.15, 0.2) is 57.1 Å². The molecule has 2 aromatic heterocycles. The van der Waals surface area contributed by atoms with Crippen LogP contribution in [0.25, 0.3) is 21.4 Å². The predicted octanol–water partition coefficient (Wildman–Crippen LogP) is 3.52. The number of rotatable bonds is 1. The van der Waals surface area contributed by atoms with Gasteiger partial charge in [-0.3, -0.25) is 0 Å². The molecule has 0 fully saturated rings. The Balaban J connectivity index is 2.34.